The second-order valence-electron chi connectivity index (χ2n) is 4.32. The Morgan fingerprint density at radius 2 is 2.16 bits per heavy atom. The number of anilines is 1. The smallest absolute Gasteiger partial charge is 0.126 e. The third kappa shape index (κ3) is 3.66. The number of nitrogens with zero attached hydrogens (tertiary/aromatic N) is 1. The van der Waals surface area contributed by atoms with E-state index in [0.717, 1.165) is 11.3 Å². The lowest BCUT2D eigenvalue weighted by Crippen LogP contribution is -2.20. The van der Waals surface area contributed by atoms with Crippen molar-refractivity contribution in [1.82, 2.24) is 4.98 Å². The van der Waals surface area contributed by atoms with E-state index in [1.165, 1.54) is 12.1 Å². The van der Waals surface area contributed by atoms with E-state index in [4.69, 9.17) is 17.3 Å². The van der Waals surface area contributed by atoms with Crippen molar-refractivity contribution >= 4 is 17.3 Å². The van der Waals surface area contributed by atoms with Crippen molar-refractivity contribution in [2.45, 2.75) is 13.0 Å². The van der Waals surface area contributed by atoms with Gasteiger partial charge >= 0.3 is 0 Å². The van der Waals surface area contributed by atoms with Gasteiger partial charge in [0.1, 0.15) is 5.82 Å². The molecular formula is C14H15ClFN3. The van der Waals surface area contributed by atoms with E-state index in [1.807, 2.05) is 19.1 Å². The summed E-state index contributed by atoms with van der Waals surface area (Å²) in [5.74, 6) is -0.382. The Balaban J connectivity index is 2.21. The topological polar surface area (TPSA) is 50.9 Å². The monoisotopic (exact) mass is 279 g/mol. The van der Waals surface area contributed by atoms with Gasteiger partial charge in [-0.1, -0.05) is 17.7 Å². The molecule has 3 nitrogen and oxygen atoms in total. The van der Waals surface area contributed by atoms with Crippen LogP contribution < -0.4 is 11.1 Å². The molecule has 0 saturated heterocycles. The van der Waals surface area contributed by atoms with Crippen LogP contribution in [0.3, 0.4) is 0 Å². The molecule has 100 valence electrons. The molecule has 2 aromatic rings. The van der Waals surface area contributed by atoms with Gasteiger partial charge in [-0.15, -0.1) is 0 Å². The molecule has 1 aromatic heterocycles. The third-order valence-electron chi connectivity index (χ3n) is 2.78. The molecule has 5 heteroatoms. The third-order valence-corrected chi connectivity index (χ3v) is 2.99. The van der Waals surface area contributed by atoms with Crippen LogP contribution in [0.2, 0.25) is 5.02 Å². The second kappa shape index (κ2) is 5.99. The maximum absolute atomic E-state index is 13.3. The zero-order valence-electron chi connectivity index (χ0n) is 10.5. The molecule has 0 bridgehead atoms. The number of aromatic nitrogens is 1. The lowest BCUT2D eigenvalue weighted by Gasteiger charge is -2.18. The molecule has 0 aliphatic carbocycles. The van der Waals surface area contributed by atoms with Crippen LogP contribution in [0.1, 0.15) is 17.3 Å². The van der Waals surface area contributed by atoms with Gasteiger partial charge in [0.25, 0.3) is 0 Å². The molecule has 0 radical (unpaired) electrons. The minimum atomic E-state index is -0.382. The average molecular weight is 280 g/mol. The Hall–Kier alpha value is -1.65. The summed E-state index contributed by atoms with van der Waals surface area (Å²) in [5, 5.41) is 3.50. The molecule has 3 N–H and O–H groups in total. The van der Waals surface area contributed by atoms with Gasteiger partial charge in [0.2, 0.25) is 0 Å². The number of rotatable bonds is 4. The number of aryl methyl sites for hydroxylation is 1. The zero-order chi connectivity index (χ0) is 13.8. The summed E-state index contributed by atoms with van der Waals surface area (Å²) in [7, 11) is 0. The predicted octanol–water partition coefficient (Wildman–Crippen LogP) is 3.29. The molecule has 0 spiro atoms. The highest BCUT2D eigenvalue weighted by molar-refractivity contribution is 6.30. The van der Waals surface area contributed by atoms with Gasteiger partial charge in [-0.05, 0) is 36.8 Å². The number of nitrogens with one attached hydrogen (secondary N) is 1. The molecule has 0 saturated carbocycles. The fraction of sp³-hybridized carbons (Fsp3) is 0.214. The Kier molecular flexibility index (Phi) is 4.35. The first-order valence-corrected chi connectivity index (χ1v) is 6.31. The van der Waals surface area contributed by atoms with Crippen molar-refractivity contribution in [2.75, 3.05) is 11.9 Å². The molecule has 1 unspecified atom stereocenters. The second-order valence-corrected chi connectivity index (χ2v) is 4.76. The first kappa shape index (κ1) is 13.8. The Bertz CT molecular complexity index is 537. The van der Waals surface area contributed by atoms with Crippen molar-refractivity contribution in [3.8, 4) is 0 Å². The normalized spacial score (nSPS) is 12.2. The zero-order valence-corrected chi connectivity index (χ0v) is 11.3. The van der Waals surface area contributed by atoms with E-state index in [2.05, 4.69) is 10.3 Å². The van der Waals surface area contributed by atoms with E-state index in [1.54, 1.807) is 12.3 Å². The van der Waals surface area contributed by atoms with Crippen LogP contribution in [-0.4, -0.2) is 11.5 Å². The van der Waals surface area contributed by atoms with Crippen LogP contribution >= 0.6 is 11.6 Å². The van der Waals surface area contributed by atoms with E-state index >= 15 is 0 Å². The van der Waals surface area contributed by atoms with Crippen molar-refractivity contribution in [3.63, 3.8) is 0 Å². The minimum absolute atomic E-state index is 0.133. The number of benzene rings is 1. The van der Waals surface area contributed by atoms with Gasteiger partial charge in [-0.2, -0.15) is 0 Å². The van der Waals surface area contributed by atoms with Gasteiger partial charge in [0.15, 0.2) is 0 Å². The summed E-state index contributed by atoms with van der Waals surface area (Å²) in [4.78, 5) is 4.23. The van der Waals surface area contributed by atoms with Crippen molar-refractivity contribution in [1.29, 1.82) is 0 Å². The Labute approximate surface area is 116 Å². The lowest BCUT2D eigenvalue weighted by molar-refractivity contribution is 0.627. The van der Waals surface area contributed by atoms with E-state index in [0.29, 0.717) is 17.3 Å². The van der Waals surface area contributed by atoms with E-state index < -0.39 is 0 Å². The van der Waals surface area contributed by atoms with Crippen molar-refractivity contribution in [2.24, 2.45) is 5.73 Å². The van der Waals surface area contributed by atoms with Crippen LogP contribution in [0.5, 0.6) is 0 Å². The first-order chi connectivity index (χ1) is 9.08. The number of pyridine rings is 1. The highest BCUT2D eigenvalue weighted by Gasteiger charge is 2.10. The van der Waals surface area contributed by atoms with Crippen LogP contribution in [0, 0.1) is 12.7 Å². The average Bonchev–Trinajstić information content (AvgIpc) is 2.36. The maximum Gasteiger partial charge on any atom is 0.126 e. The van der Waals surface area contributed by atoms with Crippen molar-refractivity contribution in [3.05, 3.63) is 58.6 Å². The van der Waals surface area contributed by atoms with Crippen LogP contribution in [0.25, 0.3) is 0 Å². The molecule has 1 aromatic carbocycles. The quantitative estimate of drug-likeness (QED) is 0.903. The number of nitrogens with two attached hydrogens (primary N) is 1. The standard InChI is InChI=1S/C14H15ClFN3/c1-9-2-3-10(8-18-9)14(7-17)19-13-5-11(15)4-12(16)6-13/h2-6,8,14,19H,7,17H2,1H3. The highest BCUT2D eigenvalue weighted by atomic mass is 35.5. The summed E-state index contributed by atoms with van der Waals surface area (Å²) in [6.45, 7) is 2.29. The molecular weight excluding hydrogens is 265 g/mol. The maximum atomic E-state index is 13.3. The van der Waals surface area contributed by atoms with Crippen LogP contribution in [-0.2, 0) is 0 Å². The molecule has 0 aliphatic heterocycles. The summed E-state index contributed by atoms with van der Waals surface area (Å²) < 4.78 is 13.3. The Morgan fingerprint density at radius 3 is 2.74 bits per heavy atom. The lowest BCUT2D eigenvalue weighted by atomic mass is 10.1. The van der Waals surface area contributed by atoms with E-state index in [-0.39, 0.29) is 11.9 Å². The predicted molar refractivity (Wildman–Crippen MR) is 75.8 cm³/mol. The minimum Gasteiger partial charge on any atom is -0.377 e. The highest BCUT2D eigenvalue weighted by Crippen LogP contribution is 2.22. The van der Waals surface area contributed by atoms with Gasteiger partial charge in [0, 0.05) is 29.1 Å². The van der Waals surface area contributed by atoms with Crippen molar-refractivity contribution < 1.29 is 4.39 Å². The van der Waals surface area contributed by atoms with Crippen LogP contribution in [0.15, 0.2) is 36.5 Å². The molecule has 1 atom stereocenters. The summed E-state index contributed by atoms with van der Waals surface area (Å²) >= 11 is 5.82. The number of hydrogen-bond acceptors (Lipinski definition) is 3. The molecule has 0 amide bonds. The summed E-state index contributed by atoms with van der Waals surface area (Å²) in [6, 6.07) is 8.04. The van der Waals surface area contributed by atoms with Gasteiger partial charge in [-0.3, -0.25) is 4.98 Å². The number of hydrogen-bond donors (Lipinski definition) is 2. The largest absolute Gasteiger partial charge is 0.377 e. The first-order valence-electron chi connectivity index (χ1n) is 5.94. The van der Waals surface area contributed by atoms with Crippen LogP contribution in [0.4, 0.5) is 10.1 Å². The SMILES string of the molecule is Cc1ccc(C(CN)Nc2cc(F)cc(Cl)c2)cn1. The van der Waals surface area contributed by atoms with Gasteiger partial charge in [-0.25, -0.2) is 4.39 Å². The molecule has 0 aliphatic rings. The summed E-state index contributed by atoms with van der Waals surface area (Å²) in [6.07, 6.45) is 1.76. The molecule has 19 heavy (non-hydrogen) atoms. The van der Waals surface area contributed by atoms with E-state index in [9.17, 15) is 4.39 Å². The fourth-order valence-corrected chi connectivity index (χ4v) is 2.02. The van der Waals surface area contributed by atoms with Gasteiger partial charge in [0.05, 0.1) is 6.04 Å². The molecule has 0 fully saturated rings. The summed E-state index contributed by atoms with van der Waals surface area (Å²) in [5.41, 5.74) is 8.24. The fourth-order valence-electron chi connectivity index (χ4n) is 1.80. The van der Waals surface area contributed by atoms with Gasteiger partial charge < -0.3 is 11.1 Å². The molecule has 1 heterocycles. The molecule has 2 rings (SSSR count). The number of halogens is 2. The Morgan fingerprint density at radius 1 is 1.37 bits per heavy atom.